The molecule has 0 unspecified atom stereocenters. The molecule has 5 rings (SSSR count). The first-order valence-electron chi connectivity index (χ1n) is 16.3. The molecular formula is C39H42F3N3O3. The molecule has 1 aliphatic carbocycles. The Morgan fingerprint density at radius 1 is 0.854 bits per heavy atom. The molecule has 4 aromatic rings. The maximum absolute atomic E-state index is 13.8. The van der Waals surface area contributed by atoms with Gasteiger partial charge in [-0.2, -0.15) is 13.2 Å². The number of benzene rings is 3. The van der Waals surface area contributed by atoms with Crippen molar-refractivity contribution in [3.05, 3.63) is 125 Å². The molecule has 252 valence electrons. The number of pyridine rings is 1. The second-order valence-corrected chi connectivity index (χ2v) is 13.4. The highest BCUT2D eigenvalue weighted by atomic mass is 19.4. The third-order valence-corrected chi connectivity index (χ3v) is 8.52. The summed E-state index contributed by atoms with van der Waals surface area (Å²) in [7, 11) is 0. The normalized spacial score (nSPS) is 16.7. The smallest absolute Gasteiger partial charge is 0.416 e. The van der Waals surface area contributed by atoms with Crippen LogP contribution in [0.3, 0.4) is 0 Å². The molecular weight excluding hydrogens is 615 g/mol. The summed E-state index contributed by atoms with van der Waals surface area (Å²) in [6, 6.07) is 24.5. The van der Waals surface area contributed by atoms with Crippen LogP contribution < -0.4 is 5.32 Å². The zero-order chi connectivity index (χ0) is 34.3. The SMILES string of the molecule is CC(C)(C)OC(=O)C1CCC(NCc2cc(CN(Cc3cccnc3)C(=O)c3ccc(C(F)(F)F)cc3)ccc2-c2ccccc2)CC1. The zero-order valence-corrected chi connectivity index (χ0v) is 27.6. The Hall–Kier alpha value is -4.50. The van der Waals surface area contributed by atoms with E-state index in [1.54, 1.807) is 23.4 Å². The molecule has 0 saturated heterocycles. The maximum Gasteiger partial charge on any atom is 0.416 e. The molecule has 1 heterocycles. The minimum atomic E-state index is -4.49. The number of halogens is 3. The van der Waals surface area contributed by atoms with Crippen molar-refractivity contribution in [1.82, 2.24) is 15.2 Å². The van der Waals surface area contributed by atoms with Gasteiger partial charge in [-0.1, -0.05) is 54.6 Å². The highest BCUT2D eigenvalue weighted by Crippen LogP contribution is 2.31. The number of carbonyl (C=O) groups excluding carboxylic acids is 2. The van der Waals surface area contributed by atoms with Crippen LogP contribution in [0.5, 0.6) is 0 Å². The molecule has 3 aromatic carbocycles. The molecule has 0 aliphatic heterocycles. The van der Waals surface area contributed by atoms with Crippen LogP contribution in [0.25, 0.3) is 11.1 Å². The number of ether oxygens (including phenoxy) is 1. The molecule has 48 heavy (non-hydrogen) atoms. The fraction of sp³-hybridized carbons (Fsp3) is 0.359. The second kappa shape index (κ2) is 15.2. The van der Waals surface area contributed by atoms with Gasteiger partial charge in [-0.3, -0.25) is 14.6 Å². The summed E-state index contributed by atoms with van der Waals surface area (Å²) < 4.78 is 45.2. The van der Waals surface area contributed by atoms with Crippen molar-refractivity contribution in [1.29, 1.82) is 0 Å². The lowest BCUT2D eigenvalue weighted by Gasteiger charge is -2.30. The number of aromatic nitrogens is 1. The average Bonchev–Trinajstić information content (AvgIpc) is 3.07. The average molecular weight is 658 g/mol. The highest BCUT2D eigenvalue weighted by Gasteiger charge is 2.31. The van der Waals surface area contributed by atoms with Crippen molar-refractivity contribution in [2.75, 3.05) is 0 Å². The fourth-order valence-corrected chi connectivity index (χ4v) is 6.08. The van der Waals surface area contributed by atoms with Gasteiger partial charge in [-0.25, -0.2) is 0 Å². The minimum absolute atomic E-state index is 0.0847. The van der Waals surface area contributed by atoms with E-state index in [1.165, 1.54) is 12.1 Å². The van der Waals surface area contributed by atoms with E-state index in [9.17, 15) is 22.8 Å². The Labute approximate surface area is 280 Å². The summed E-state index contributed by atoms with van der Waals surface area (Å²) in [6.07, 6.45) is 2.12. The third kappa shape index (κ3) is 9.53. The summed E-state index contributed by atoms with van der Waals surface area (Å²) in [5.41, 5.74) is 3.79. The largest absolute Gasteiger partial charge is 0.460 e. The molecule has 0 radical (unpaired) electrons. The van der Waals surface area contributed by atoms with Gasteiger partial charge in [0.2, 0.25) is 0 Å². The first kappa shape index (κ1) is 34.8. The monoisotopic (exact) mass is 657 g/mol. The van der Waals surface area contributed by atoms with Crippen molar-refractivity contribution in [2.45, 2.75) is 83.9 Å². The number of amides is 1. The second-order valence-electron chi connectivity index (χ2n) is 13.4. The van der Waals surface area contributed by atoms with E-state index in [0.717, 1.165) is 65.6 Å². The van der Waals surface area contributed by atoms with Crippen LogP contribution in [-0.2, 0) is 35.3 Å². The number of alkyl halides is 3. The predicted molar refractivity (Wildman–Crippen MR) is 180 cm³/mol. The molecule has 6 nitrogen and oxygen atoms in total. The molecule has 0 spiro atoms. The number of nitrogens with one attached hydrogen (secondary N) is 1. The van der Waals surface area contributed by atoms with Crippen LogP contribution >= 0.6 is 0 Å². The van der Waals surface area contributed by atoms with E-state index in [0.29, 0.717) is 6.54 Å². The van der Waals surface area contributed by atoms with Crippen LogP contribution in [0.1, 0.15) is 79.1 Å². The molecule has 1 aromatic heterocycles. The van der Waals surface area contributed by atoms with Gasteiger partial charge < -0.3 is 15.0 Å². The topological polar surface area (TPSA) is 71.5 Å². The van der Waals surface area contributed by atoms with Crippen LogP contribution in [0.15, 0.2) is 97.3 Å². The number of nitrogens with zero attached hydrogens (tertiary/aromatic N) is 2. The van der Waals surface area contributed by atoms with Gasteiger partial charge in [-0.15, -0.1) is 0 Å². The lowest BCUT2D eigenvalue weighted by Crippen LogP contribution is -2.37. The molecule has 1 N–H and O–H groups in total. The van der Waals surface area contributed by atoms with Gasteiger partial charge in [-0.05, 0) is 105 Å². The van der Waals surface area contributed by atoms with Gasteiger partial charge in [0.1, 0.15) is 5.60 Å². The summed E-state index contributed by atoms with van der Waals surface area (Å²) in [5.74, 6) is -0.582. The highest BCUT2D eigenvalue weighted by molar-refractivity contribution is 5.94. The predicted octanol–water partition coefficient (Wildman–Crippen LogP) is 8.60. The van der Waals surface area contributed by atoms with Crippen molar-refractivity contribution < 1.29 is 27.5 Å². The lowest BCUT2D eigenvalue weighted by atomic mass is 9.85. The number of hydrogen-bond acceptors (Lipinski definition) is 5. The van der Waals surface area contributed by atoms with E-state index < -0.39 is 17.3 Å². The molecule has 1 amide bonds. The zero-order valence-electron chi connectivity index (χ0n) is 27.6. The van der Waals surface area contributed by atoms with E-state index in [4.69, 9.17) is 4.74 Å². The lowest BCUT2D eigenvalue weighted by molar-refractivity contribution is -0.161. The number of esters is 1. The molecule has 1 saturated carbocycles. The van der Waals surface area contributed by atoms with Crippen LogP contribution in [0.4, 0.5) is 13.2 Å². The first-order chi connectivity index (χ1) is 22.9. The quantitative estimate of drug-likeness (QED) is 0.173. The van der Waals surface area contributed by atoms with Crippen LogP contribution in [-0.4, -0.2) is 33.4 Å². The number of carbonyl (C=O) groups is 2. The van der Waals surface area contributed by atoms with Crippen molar-refractivity contribution in [3.8, 4) is 11.1 Å². The number of hydrogen-bond donors (Lipinski definition) is 1. The third-order valence-electron chi connectivity index (χ3n) is 8.52. The Kier molecular flexibility index (Phi) is 11.0. The first-order valence-corrected chi connectivity index (χ1v) is 16.3. The van der Waals surface area contributed by atoms with Crippen LogP contribution in [0, 0.1) is 5.92 Å². The summed E-state index contributed by atoms with van der Waals surface area (Å²) in [5, 5.41) is 3.71. The summed E-state index contributed by atoms with van der Waals surface area (Å²) in [4.78, 5) is 32.2. The van der Waals surface area contributed by atoms with Gasteiger partial charge in [0.15, 0.2) is 0 Å². The van der Waals surface area contributed by atoms with Gasteiger partial charge in [0, 0.05) is 43.6 Å². The Morgan fingerprint density at radius 3 is 2.17 bits per heavy atom. The molecule has 1 fully saturated rings. The van der Waals surface area contributed by atoms with E-state index >= 15 is 0 Å². The summed E-state index contributed by atoms with van der Waals surface area (Å²) >= 11 is 0. The number of rotatable bonds is 10. The Bertz CT molecular complexity index is 1660. The van der Waals surface area contributed by atoms with Gasteiger partial charge >= 0.3 is 12.1 Å². The van der Waals surface area contributed by atoms with Gasteiger partial charge in [0.05, 0.1) is 11.5 Å². The molecule has 0 bridgehead atoms. The van der Waals surface area contributed by atoms with E-state index in [1.807, 2.05) is 51.1 Å². The van der Waals surface area contributed by atoms with E-state index in [2.05, 4.69) is 34.6 Å². The molecule has 1 aliphatic rings. The molecule has 9 heteroatoms. The maximum atomic E-state index is 13.8. The van der Waals surface area contributed by atoms with Crippen LogP contribution in [0.2, 0.25) is 0 Å². The van der Waals surface area contributed by atoms with Crippen molar-refractivity contribution in [2.24, 2.45) is 5.92 Å². The van der Waals surface area contributed by atoms with Gasteiger partial charge in [0.25, 0.3) is 5.91 Å². The van der Waals surface area contributed by atoms with Crippen molar-refractivity contribution in [3.63, 3.8) is 0 Å². The fourth-order valence-electron chi connectivity index (χ4n) is 6.08. The Balaban J connectivity index is 1.35. The minimum Gasteiger partial charge on any atom is -0.460 e. The van der Waals surface area contributed by atoms with E-state index in [-0.39, 0.29) is 42.5 Å². The van der Waals surface area contributed by atoms with Crippen molar-refractivity contribution >= 4 is 11.9 Å². The molecule has 0 atom stereocenters. The standard InChI is InChI=1S/C39H42F3N3O3/c1-38(2,3)48-37(47)31-14-18-34(19-15-31)44-24-32-22-27(11-20-35(32)29-9-5-4-6-10-29)25-45(26-28-8-7-21-43-23-28)36(46)30-12-16-33(17-13-30)39(40,41)42/h4-13,16-17,20-23,31,34,44H,14-15,18-19,24-26H2,1-3H3. The summed E-state index contributed by atoms with van der Waals surface area (Å²) in [6.45, 7) is 6.74. The Morgan fingerprint density at radius 2 is 1.54 bits per heavy atom.